The third kappa shape index (κ3) is 6.69. The van der Waals surface area contributed by atoms with Crippen LogP contribution < -0.4 is 16.2 Å². The van der Waals surface area contributed by atoms with Crippen LogP contribution in [0.3, 0.4) is 0 Å². The van der Waals surface area contributed by atoms with Gasteiger partial charge in [-0.05, 0) is 61.9 Å². The Morgan fingerprint density at radius 2 is 1.85 bits per heavy atom. The van der Waals surface area contributed by atoms with Crippen molar-refractivity contribution in [1.82, 2.24) is 14.9 Å². The lowest BCUT2D eigenvalue weighted by Crippen LogP contribution is -2.32. The minimum absolute atomic E-state index is 0.0379. The van der Waals surface area contributed by atoms with E-state index in [2.05, 4.69) is 10.6 Å². The normalized spacial score (nSPS) is 18.9. The Bertz CT molecular complexity index is 1400. The molecule has 2 amide bonds. The summed E-state index contributed by atoms with van der Waals surface area (Å²) in [6.07, 6.45) is 4.52. The van der Waals surface area contributed by atoms with Crippen LogP contribution in [-0.4, -0.2) is 59.1 Å². The summed E-state index contributed by atoms with van der Waals surface area (Å²) in [5, 5.41) is 6.75. The molecule has 2 atom stereocenters. The van der Waals surface area contributed by atoms with Crippen LogP contribution in [0.5, 0.6) is 0 Å². The molecule has 2 N–H and O–H groups in total. The van der Waals surface area contributed by atoms with Gasteiger partial charge in [0.15, 0.2) is 5.16 Å². The zero-order valence-corrected chi connectivity index (χ0v) is 22.9. The molecule has 206 valence electrons. The van der Waals surface area contributed by atoms with Crippen molar-refractivity contribution in [3.05, 3.63) is 63.9 Å². The largest absolute Gasteiger partial charge is 0.376 e. The summed E-state index contributed by atoms with van der Waals surface area (Å²) in [4.78, 5) is 44.0. The Labute approximate surface area is 231 Å². The minimum atomic E-state index is -0.235. The van der Waals surface area contributed by atoms with Gasteiger partial charge >= 0.3 is 0 Å². The van der Waals surface area contributed by atoms with Crippen molar-refractivity contribution in [2.24, 2.45) is 0 Å². The molecule has 0 spiro atoms. The van der Waals surface area contributed by atoms with Gasteiger partial charge in [0.05, 0.1) is 35.4 Å². The number of nitrogens with one attached hydrogen (secondary N) is 2. The van der Waals surface area contributed by atoms with E-state index in [1.54, 1.807) is 22.8 Å². The van der Waals surface area contributed by atoms with Crippen molar-refractivity contribution in [2.75, 3.05) is 30.8 Å². The average molecular weight is 551 g/mol. The number of aromatic nitrogens is 2. The molecular weight excluding hydrogens is 516 g/mol. The average Bonchev–Trinajstić information content (AvgIpc) is 3.67. The maximum absolute atomic E-state index is 13.6. The standard InChI is InChI=1S/C29H34N4O5S/c1-2-19-7-3-4-10-24(19)31-26(34)18-39-29-32-25-15-20(27(35)30-16-21-8-5-13-37-21)11-12-23(25)28(36)33(29)17-22-9-6-14-38-22/h3-4,7,10-12,15,21-22H,2,5-6,8-9,13-14,16-18H2,1H3,(H,30,35)(H,31,34)/t21-,22+/m1/s1. The van der Waals surface area contributed by atoms with Crippen LogP contribution in [-0.2, 0) is 27.2 Å². The smallest absolute Gasteiger partial charge is 0.262 e. The summed E-state index contributed by atoms with van der Waals surface area (Å²) in [5.41, 5.74) is 2.48. The molecule has 2 aliphatic heterocycles. The number of aryl methyl sites for hydroxylation is 1. The Balaban J connectivity index is 1.37. The predicted molar refractivity (Wildman–Crippen MR) is 151 cm³/mol. The highest BCUT2D eigenvalue weighted by Gasteiger charge is 2.22. The molecule has 2 fully saturated rings. The van der Waals surface area contributed by atoms with Crippen LogP contribution in [0.15, 0.2) is 52.4 Å². The van der Waals surface area contributed by atoms with Gasteiger partial charge in [0.1, 0.15) is 0 Å². The molecule has 2 aliphatic rings. The molecule has 3 heterocycles. The number of amides is 2. The van der Waals surface area contributed by atoms with Crippen molar-refractivity contribution < 1.29 is 19.1 Å². The summed E-state index contributed by atoms with van der Waals surface area (Å²) >= 11 is 1.21. The maximum atomic E-state index is 13.6. The number of fused-ring (bicyclic) bond motifs is 1. The van der Waals surface area contributed by atoms with Crippen LogP contribution in [0, 0.1) is 0 Å². The van der Waals surface area contributed by atoms with E-state index in [0.29, 0.717) is 41.3 Å². The number of benzene rings is 2. The molecule has 3 aromatic rings. The topological polar surface area (TPSA) is 112 Å². The molecule has 0 saturated carbocycles. The fraction of sp³-hybridized carbons (Fsp3) is 0.448. The molecular formula is C29H34N4O5S. The number of hydrogen-bond donors (Lipinski definition) is 2. The van der Waals surface area contributed by atoms with Crippen molar-refractivity contribution in [3.63, 3.8) is 0 Å². The van der Waals surface area contributed by atoms with Gasteiger partial charge in [-0.2, -0.15) is 0 Å². The van der Waals surface area contributed by atoms with E-state index in [9.17, 15) is 14.4 Å². The van der Waals surface area contributed by atoms with Crippen molar-refractivity contribution in [2.45, 2.75) is 62.9 Å². The number of nitrogens with zero attached hydrogens (tertiary/aromatic N) is 2. The Hall–Kier alpha value is -3.21. The first kappa shape index (κ1) is 27.4. The van der Waals surface area contributed by atoms with Gasteiger partial charge in [-0.25, -0.2) is 4.98 Å². The summed E-state index contributed by atoms with van der Waals surface area (Å²) in [6, 6.07) is 12.7. The first-order valence-corrected chi connectivity index (χ1v) is 14.6. The molecule has 5 rings (SSSR count). The number of hydrogen-bond acceptors (Lipinski definition) is 7. The minimum Gasteiger partial charge on any atom is -0.376 e. The molecule has 0 radical (unpaired) electrons. The zero-order chi connectivity index (χ0) is 27.2. The fourth-order valence-electron chi connectivity index (χ4n) is 4.99. The zero-order valence-electron chi connectivity index (χ0n) is 22.1. The van der Waals surface area contributed by atoms with Gasteiger partial charge in [0.2, 0.25) is 5.91 Å². The fourth-order valence-corrected chi connectivity index (χ4v) is 5.79. The second-order valence-electron chi connectivity index (χ2n) is 9.87. The molecule has 1 aromatic heterocycles. The third-order valence-electron chi connectivity index (χ3n) is 7.11. The monoisotopic (exact) mass is 550 g/mol. The summed E-state index contributed by atoms with van der Waals surface area (Å²) in [5.74, 6) is -0.328. The van der Waals surface area contributed by atoms with E-state index in [-0.39, 0.29) is 35.3 Å². The molecule has 0 bridgehead atoms. The lowest BCUT2D eigenvalue weighted by molar-refractivity contribution is -0.113. The van der Waals surface area contributed by atoms with E-state index in [1.807, 2.05) is 31.2 Å². The number of carbonyl (C=O) groups excluding carboxylic acids is 2. The molecule has 2 saturated heterocycles. The van der Waals surface area contributed by atoms with Gasteiger partial charge in [0, 0.05) is 31.0 Å². The Morgan fingerprint density at radius 3 is 2.59 bits per heavy atom. The van der Waals surface area contributed by atoms with Gasteiger partial charge in [-0.15, -0.1) is 0 Å². The quantitative estimate of drug-likeness (QED) is 0.292. The number of thioether (sulfide) groups is 1. The highest BCUT2D eigenvalue weighted by atomic mass is 32.2. The molecule has 0 unspecified atom stereocenters. The van der Waals surface area contributed by atoms with E-state index >= 15 is 0 Å². The Kier molecular flexibility index (Phi) is 8.95. The number of carbonyl (C=O) groups is 2. The third-order valence-corrected chi connectivity index (χ3v) is 8.09. The van der Waals surface area contributed by atoms with E-state index in [4.69, 9.17) is 14.5 Å². The number of rotatable bonds is 10. The van der Waals surface area contributed by atoms with Crippen molar-refractivity contribution in [1.29, 1.82) is 0 Å². The number of anilines is 1. The second-order valence-corrected chi connectivity index (χ2v) is 10.8. The van der Waals surface area contributed by atoms with Crippen LogP contribution in [0.25, 0.3) is 10.9 Å². The maximum Gasteiger partial charge on any atom is 0.262 e. The molecule has 2 aromatic carbocycles. The van der Waals surface area contributed by atoms with Crippen LogP contribution >= 0.6 is 11.8 Å². The van der Waals surface area contributed by atoms with Gasteiger partial charge in [-0.3, -0.25) is 19.0 Å². The van der Waals surface area contributed by atoms with Crippen molar-refractivity contribution in [3.8, 4) is 0 Å². The van der Waals surface area contributed by atoms with Crippen LogP contribution in [0.1, 0.15) is 48.5 Å². The van der Waals surface area contributed by atoms with E-state index in [1.165, 1.54) is 11.8 Å². The van der Waals surface area contributed by atoms with Crippen LogP contribution in [0.2, 0.25) is 0 Å². The SMILES string of the molecule is CCc1ccccc1NC(=O)CSc1nc2cc(C(=O)NC[C@H]3CCCO3)ccc2c(=O)n1C[C@@H]1CCCO1. The first-order chi connectivity index (χ1) is 19.0. The molecule has 9 nitrogen and oxygen atoms in total. The molecule has 10 heteroatoms. The number of para-hydroxylation sites is 1. The van der Waals surface area contributed by atoms with Gasteiger partial charge < -0.3 is 20.1 Å². The lowest BCUT2D eigenvalue weighted by atomic mass is 10.1. The summed E-state index contributed by atoms with van der Waals surface area (Å²) in [6.45, 7) is 4.26. The number of ether oxygens (including phenoxy) is 2. The summed E-state index contributed by atoms with van der Waals surface area (Å²) < 4.78 is 13.0. The Morgan fingerprint density at radius 1 is 1.08 bits per heavy atom. The van der Waals surface area contributed by atoms with Gasteiger partial charge in [0.25, 0.3) is 11.5 Å². The van der Waals surface area contributed by atoms with Crippen LogP contribution in [0.4, 0.5) is 5.69 Å². The molecule has 0 aliphatic carbocycles. The van der Waals surface area contributed by atoms with Gasteiger partial charge in [-0.1, -0.05) is 36.9 Å². The highest BCUT2D eigenvalue weighted by molar-refractivity contribution is 7.99. The lowest BCUT2D eigenvalue weighted by Gasteiger charge is -2.17. The highest BCUT2D eigenvalue weighted by Crippen LogP contribution is 2.23. The second kappa shape index (κ2) is 12.8. The molecule has 39 heavy (non-hydrogen) atoms. The van der Waals surface area contributed by atoms with Crippen molar-refractivity contribution >= 4 is 40.2 Å². The first-order valence-electron chi connectivity index (χ1n) is 13.6. The predicted octanol–water partition coefficient (Wildman–Crippen LogP) is 3.78. The summed E-state index contributed by atoms with van der Waals surface area (Å²) in [7, 11) is 0. The van der Waals surface area contributed by atoms with E-state index in [0.717, 1.165) is 50.0 Å². The van der Waals surface area contributed by atoms with E-state index < -0.39 is 0 Å².